The Bertz CT molecular complexity index is 401. The summed E-state index contributed by atoms with van der Waals surface area (Å²) in [5.74, 6) is 0.507. The maximum absolute atomic E-state index is 13.1. The Kier molecular flexibility index (Phi) is 3.38. The van der Waals surface area contributed by atoms with E-state index in [4.69, 9.17) is 9.47 Å². The van der Waals surface area contributed by atoms with E-state index in [9.17, 15) is 4.39 Å². The van der Waals surface area contributed by atoms with Crippen molar-refractivity contribution < 1.29 is 13.9 Å². The van der Waals surface area contributed by atoms with E-state index in [1.54, 1.807) is 19.1 Å². The second-order valence-corrected chi connectivity index (χ2v) is 5.26. The van der Waals surface area contributed by atoms with Crippen LogP contribution in [0.1, 0.15) is 32.3 Å². The molecule has 1 heterocycles. The molecular formula is C14H19FO2. The van der Waals surface area contributed by atoms with Crippen molar-refractivity contribution in [2.45, 2.75) is 45.3 Å². The van der Waals surface area contributed by atoms with Crippen molar-refractivity contribution in [1.29, 1.82) is 0 Å². The molecule has 1 fully saturated rings. The number of hydrogen-bond donors (Lipinski definition) is 0. The maximum Gasteiger partial charge on any atom is 0.126 e. The van der Waals surface area contributed by atoms with E-state index in [0.717, 1.165) is 12.8 Å². The van der Waals surface area contributed by atoms with E-state index < -0.39 is 0 Å². The molecule has 0 amide bonds. The van der Waals surface area contributed by atoms with Gasteiger partial charge in [0.2, 0.25) is 0 Å². The van der Waals surface area contributed by atoms with Crippen LogP contribution in [0.5, 0.6) is 5.75 Å². The van der Waals surface area contributed by atoms with Crippen LogP contribution >= 0.6 is 0 Å². The van der Waals surface area contributed by atoms with E-state index in [2.05, 4.69) is 13.8 Å². The predicted octanol–water partition coefficient (Wildman–Crippen LogP) is 3.47. The van der Waals surface area contributed by atoms with Gasteiger partial charge in [-0.05, 0) is 57.4 Å². The van der Waals surface area contributed by atoms with Crippen LogP contribution in [0.2, 0.25) is 0 Å². The second kappa shape index (κ2) is 4.65. The minimum Gasteiger partial charge on any atom is -0.491 e. The third-order valence-electron chi connectivity index (χ3n) is 3.12. The summed E-state index contributed by atoms with van der Waals surface area (Å²) in [5, 5.41) is 0. The number of ether oxygens (including phenoxy) is 2. The Labute approximate surface area is 102 Å². The molecule has 0 bridgehead atoms. The highest BCUT2D eigenvalue weighted by Crippen LogP contribution is 2.29. The van der Waals surface area contributed by atoms with Gasteiger partial charge in [-0.2, -0.15) is 0 Å². The lowest BCUT2D eigenvalue weighted by Gasteiger charge is -2.19. The van der Waals surface area contributed by atoms with Crippen LogP contribution in [0.15, 0.2) is 18.2 Å². The normalized spacial score (nSPS) is 22.7. The summed E-state index contributed by atoms with van der Waals surface area (Å²) in [6.07, 6.45) is 2.23. The molecule has 2 nitrogen and oxygen atoms in total. The smallest absolute Gasteiger partial charge is 0.126 e. The topological polar surface area (TPSA) is 18.5 Å². The lowest BCUT2D eigenvalue weighted by Crippen LogP contribution is -2.23. The van der Waals surface area contributed by atoms with E-state index in [-0.39, 0.29) is 17.5 Å². The van der Waals surface area contributed by atoms with E-state index in [0.29, 0.717) is 17.9 Å². The zero-order valence-corrected chi connectivity index (χ0v) is 10.6. The fourth-order valence-electron chi connectivity index (χ4n) is 2.09. The van der Waals surface area contributed by atoms with Gasteiger partial charge in [-0.25, -0.2) is 4.39 Å². The van der Waals surface area contributed by atoms with Crippen molar-refractivity contribution in [2.75, 3.05) is 6.61 Å². The average Bonchev–Trinajstić information content (AvgIpc) is 2.60. The molecule has 0 N–H and O–H groups in total. The average molecular weight is 238 g/mol. The van der Waals surface area contributed by atoms with Crippen LogP contribution in [0.4, 0.5) is 4.39 Å². The van der Waals surface area contributed by atoms with Gasteiger partial charge in [0.25, 0.3) is 0 Å². The first-order valence-corrected chi connectivity index (χ1v) is 6.03. The quantitative estimate of drug-likeness (QED) is 0.802. The van der Waals surface area contributed by atoms with Crippen molar-refractivity contribution in [2.24, 2.45) is 0 Å². The minimum absolute atomic E-state index is 0.0350. The Morgan fingerprint density at radius 2 is 2.24 bits per heavy atom. The Morgan fingerprint density at radius 1 is 1.47 bits per heavy atom. The molecule has 1 atom stereocenters. The van der Waals surface area contributed by atoms with Gasteiger partial charge < -0.3 is 9.47 Å². The number of halogens is 1. The van der Waals surface area contributed by atoms with Crippen molar-refractivity contribution >= 4 is 0 Å². The highest BCUT2D eigenvalue weighted by molar-refractivity contribution is 5.28. The minimum atomic E-state index is -0.199. The second-order valence-electron chi connectivity index (χ2n) is 5.26. The molecule has 1 aromatic carbocycles. The molecule has 1 unspecified atom stereocenters. The van der Waals surface area contributed by atoms with Gasteiger partial charge in [0.15, 0.2) is 0 Å². The molecule has 3 heteroatoms. The van der Waals surface area contributed by atoms with Crippen molar-refractivity contribution in [3.8, 4) is 5.75 Å². The lowest BCUT2D eigenvalue weighted by atomic mass is 10.1. The highest BCUT2D eigenvalue weighted by atomic mass is 19.1. The number of benzene rings is 1. The molecule has 17 heavy (non-hydrogen) atoms. The molecule has 94 valence electrons. The van der Waals surface area contributed by atoms with Crippen molar-refractivity contribution in [1.82, 2.24) is 0 Å². The van der Waals surface area contributed by atoms with Gasteiger partial charge in [-0.1, -0.05) is 0 Å². The standard InChI is InChI=1S/C14H19FO2/c1-10-8-11(4-5-13(10)15)16-9-12-6-7-14(2,3)17-12/h4-5,8,12H,6-7,9H2,1-3H3. The summed E-state index contributed by atoms with van der Waals surface area (Å²) >= 11 is 0. The number of rotatable bonds is 3. The first-order chi connectivity index (χ1) is 7.96. The molecule has 0 aromatic heterocycles. The maximum atomic E-state index is 13.1. The lowest BCUT2D eigenvalue weighted by molar-refractivity contribution is -0.0326. The Morgan fingerprint density at radius 3 is 2.82 bits per heavy atom. The summed E-state index contributed by atoms with van der Waals surface area (Å²) in [6, 6.07) is 4.81. The third kappa shape index (κ3) is 3.19. The summed E-state index contributed by atoms with van der Waals surface area (Å²) in [5.41, 5.74) is 0.572. The summed E-state index contributed by atoms with van der Waals surface area (Å²) in [6.45, 7) is 6.45. The van der Waals surface area contributed by atoms with E-state index >= 15 is 0 Å². The largest absolute Gasteiger partial charge is 0.491 e. The van der Waals surface area contributed by atoms with Crippen LogP contribution in [0, 0.1) is 12.7 Å². The third-order valence-corrected chi connectivity index (χ3v) is 3.12. The molecule has 1 aliphatic rings. The van der Waals surface area contributed by atoms with Crippen LogP contribution in [0.3, 0.4) is 0 Å². The molecule has 0 spiro atoms. The molecule has 0 radical (unpaired) electrons. The van der Waals surface area contributed by atoms with Crippen molar-refractivity contribution in [3.63, 3.8) is 0 Å². The number of aryl methyl sites for hydroxylation is 1. The highest BCUT2D eigenvalue weighted by Gasteiger charge is 2.31. The molecule has 0 saturated carbocycles. The summed E-state index contributed by atoms with van der Waals surface area (Å²) < 4.78 is 24.5. The van der Waals surface area contributed by atoms with Gasteiger partial charge in [0.1, 0.15) is 18.2 Å². The fraction of sp³-hybridized carbons (Fsp3) is 0.571. The predicted molar refractivity (Wildman–Crippen MR) is 64.8 cm³/mol. The van der Waals surface area contributed by atoms with Gasteiger partial charge in [-0.3, -0.25) is 0 Å². The molecule has 0 aliphatic carbocycles. The van der Waals surface area contributed by atoms with Gasteiger partial charge in [0, 0.05) is 0 Å². The van der Waals surface area contributed by atoms with Crippen LogP contribution in [0.25, 0.3) is 0 Å². The van der Waals surface area contributed by atoms with E-state index in [1.807, 2.05) is 0 Å². The Hall–Kier alpha value is -1.09. The van der Waals surface area contributed by atoms with Crippen LogP contribution < -0.4 is 4.74 Å². The van der Waals surface area contributed by atoms with Crippen molar-refractivity contribution in [3.05, 3.63) is 29.6 Å². The van der Waals surface area contributed by atoms with Gasteiger partial charge >= 0.3 is 0 Å². The first-order valence-electron chi connectivity index (χ1n) is 6.03. The summed E-state index contributed by atoms with van der Waals surface area (Å²) in [7, 11) is 0. The number of hydrogen-bond acceptors (Lipinski definition) is 2. The molecule has 2 rings (SSSR count). The molecule has 1 aliphatic heterocycles. The Balaban J connectivity index is 1.88. The molecule has 1 aromatic rings. The van der Waals surface area contributed by atoms with Crippen LogP contribution in [-0.4, -0.2) is 18.3 Å². The zero-order valence-electron chi connectivity index (χ0n) is 10.6. The monoisotopic (exact) mass is 238 g/mol. The van der Waals surface area contributed by atoms with Crippen LogP contribution in [-0.2, 0) is 4.74 Å². The fourth-order valence-corrected chi connectivity index (χ4v) is 2.09. The first kappa shape index (κ1) is 12.4. The van der Waals surface area contributed by atoms with Gasteiger partial charge in [0.05, 0.1) is 11.7 Å². The molecule has 1 saturated heterocycles. The summed E-state index contributed by atoms with van der Waals surface area (Å²) in [4.78, 5) is 0. The SMILES string of the molecule is Cc1cc(OCC2CCC(C)(C)O2)ccc1F. The zero-order chi connectivity index (χ0) is 12.5. The molecular weight excluding hydrogens is 219 g/mol. The van der Waals surface area contributed by atoms with E-state index in [1.165, 1.54) is 6.07 Å². The van der Waals surface area contributed by atoms with Gasteiger partial charge in [-0.15, -0.1) is 0 Å².